The number of hydrogen-bond acceptors (Lipinski definition) is 4. The molecular formula is C29H20N2O3. The first-order valence-corrected chi connectivity index (χ1v) is 10.9. The topological polar surface area (TPSA) is 79.2 Å². The summed E-state index contributed by atoms with van der Waals surface area (Å²) in [6, 6.07) is 29.7. The Hall–Kier alpha value is -4.69. The lowest BCUT2D eigenvalue weighted by atomic mass is 10.0. The van der Waals surface area contributed by atoms with Gasteiger partial charge in [-0.3, -0.25) is 9.59 Å². The second kappa shape index (κ2) is 9.05. The van der Waals surface area contributed by atoms with E-state index in [9.17, 15) is 9.59 Å². The Labute approximate surface area is 197 Å². The zero-order valence-electron chi connectivity index (χ0n) is 18.2. The normalized spacial score (nSPS) is 11.3. The second-order valence-corrected chi connectivity index (χ2v) is 8.01. The van der Waals surface area contributed by atoms with Gasteiger partial charge >= 0.3 is 0 Å². The number of amides is 1. The van der Waals surface area contributed by atoms with Crippen LogP contribution < -0.4 is 10.1 Å². The number of para-hydroxylation sites is 1. The highest BCUT2D eigenvalue weighted by molar-refractivity contribution is 6.22. The fourth-order valence-corrected chi connectivity index (χ4v) is 4.09. The minimum Gasteiger partial charge on any atom is -0.489 e. The highest BCUT2D eigenvalue weighted by atomic mass is 16.5. The molecule has 1 amide bonds. The Kier molecular flexibility index (Phi) is 5.63. The molecule has 5 heteroatoms. The standard InChI is InChI=1S/C29H20N2O3/c30-16-15-19-9-12-22(13-10-19)34-18-21-5-1-4-8-27(21)31-29(33)20-11-14-24-23-6-2-3-7-25(23)28(32)26(24)17-20/h1-14,17H,15,18H2,(H,31,33). The van der Waals surface area contributed by atoms with Gasteiger partial charge in [0.25, 0.3) is 5.91 Å². The summed E-state index contributed by atoms with van der Waals surface area (Å²) in [4.78, 5) is 25.8. The predicted molar refractivity (Wildman–Crippen MR) is 130 cm³/mol. The molecule has 0 saturated heterocycles. The number of nitrogens with one attached hydrogen (secondary N) is 1. The minimum absolute atomic E-state index is 0.0603. The number of nitrogens with zero attached hydrogens (tertiary/aromatic N) is 1. The van der Waals surface area contributed by atoms with Crippen LogP contribution in [0.1, 0.15) is 37.4 Å². The summed E-state index contributed by atoms with van der Waals surface area (Å²) in [6.07, 6.45) is 0.357. The average Bonchev–Trinajstić information content (AvgIpc) is 3.16. The molecule has 1 aliphatic rings. The lowest BCUT2D eigenvalue weighted by Crippen LogP contribution is -2.14. The maximum Gasteiger partial charge on any atom is 0.255 e. The smallest absolute Gasteiger partial charge is 0.255 e. The van der Waals surface area contributed by atoms with Gasteiger partial charge in [0, 0.05) is 27.9 Å². The van der Waals surface area contributed by atoms with E-state index >= 15 is 0 Å². The Morgan fingerprint density at radius 3 is 2.32 bits per heavy atom. The molecule has 0 aromatic heterocycles. The Morgan fingerprint density at radius 2 is 1.53 bits per heavy atom. The average molecular weight is 444 g/mol. The molecule has 0 unspecified atom stereocenters. The van der Waals surface area contributed by atoms with E-state index in [0.717, 1.165) is 22.3 Å². The van der Waals surface area contributed by atoms with Crippen LogP contribution in [0.3, 0.4) is 0 Å². The van der Waals surface area contributed by atoms with E-state index in [4.69, 9.17) is 10.00 Å². The van der Waals surface area contributed by atoms with Crippen molar-refractivity contribution in [3.63, 3.8) is 0 Å². The molecule has 5 rings (SSSR count). The first-order chi connectivity index (χ1) is 16.6. The zero-order chi connectivity index (χ0) is 23.5. The van der Waals surface area contributed by atoms with Crippen molar-refractivity contribution >= 4 is 17.4 Å². The lowest BCUT2D eigenvalue weighted by Gasteiger charge is -2.13. The van der Waals surface area contributed by atoms with Crippen LogP contribution in [-0.2, 0) is 13.0 Å². The molecule has 4 aromatic rings. The van der Waals surface area contributed by atoms with Crippen molar-refractivity contribution in [2.45, 2.75) is 13.0 Å². The van der Waals surface area contributed by atoms with Crippen molar-refractivity contribution in [1.29, 1.82) is 5.26 Å². The van der Waals surface area contributed by atoms with Crippen molar-refractivity contribution in [3.05, 3.63) is 119 Å². The van der Waals surface area contributed by atoms with E-state index in [-0.39, 0.29) is 18.3 Å². The monoisotopic (exact) mass is 444 g/mol. The predicted octanol–water partition coefficient (Wildman–Crippen LogP) is 5.80. The van der Waals surface area contributed by atoms with Crippen molar-refractivity contribution in [1.82, 2.24) is 0 Å². The summed E-state index contributed by atoms with van der Waals surface area (Å²) in [7, 11) is 0. The van der Waals surface area contributed by atoms with Gasteiger partial charge in [0.1, 0.15) is 12.4 Å². The third-order valence-corrected chi connectivity index (χ3v) is 5.85. The van der Waals surface area contributed by atoms with E-state index < -0.39 is 0 Å². The molecule has 34 heavy (non-hydrogen) atoms. The van der Waals surface area contributed by atoms with E-state index in [2.05, 4.69) is 11.4 Å². The molecule has 0 spiro atoms. The van der Waals surface area contributed by atoms with Gasteiger partial charge in [0.2, 0.25) is 0 Å². The highest BCUT2D eigenvalue weighted by Crippen LogP contribution is 2.36. The second-order valence-electron chi connectivity index (χ2n) is 8.01. The summed E-state index contributed by atoms with van der Waals surface area (Å²) in [5.74, 6) is 0.328. The number of hydrogen-bond donors (Lipinski definition) is 1. The molecule has 0 atom stereocenters. The Morgan fingerprint density at radius 1 is 0.824 bits per heavy atom. The third kappa shape index (κ3) is 4.05. The quantitative estimate of drug-likeness (QED) is 0.359. The highest BCUT2D eigenvalue weighted by Gasteiger charge is 2.27. The van der Waals surface area contributed by atoms with E-state index in [1.807, 2.05) is 78.9 Å². The van der Waals surface area contributed by atoms with Gasteiger partial charge in [0.05, 0.1) is 12.5 Å². The number of carbonyl (C=O) groups excluding carboxylic acids is 2. The summed E-state index contributed by atoms with van der Waals surface area (Å²) < 4.78 is 5.88. The molecule has 0 radical (unpaired) electrons. The number of ether oxygens (including phenoxy) is 1. The van der Waals surface area contributed by atoms with Crippen molar-refractivity contribution in [2.24, 2.45) is 0 Å². The van der Waals surface area contributed by atoms with Crippen molar-refractivity contribution < 1.29 is 14.3 Å². The van der Waals surface area contributed by atoms with Gasteiger partial charge in [-0.2, -0.15) is 5.26 Å². The molecule has 0 bridgehead atoms. The lowest BCUT2D eigenvalue weighted by molar-refractivity contribution is 0.102. The number of fused-ring (bicyclic) bond motifs is 3. The number of benzene rings is 4. The third-order valence-electron chi connectivity index (χ3n) is 5.85. The zero-order valence-corrected chi connectivity index (χ0v) is 18.2. The molecule has 1 N–H and O–H groups in total. The van der Waals surface area contributed by atoms with Gasteiger partial charge in [-0.15, -0.1) is 0 Å². The van der Waals surface area contributed by atoms with Gasteiger partial charge in [0.15, 0.2) is 5.78 Å². The van der Waals surface area contributed by atoms with Gasteiger partial charge in [-0.25, -0.2) is 0 Å². The molecule has 1 aliphatic carbocycles. The number of carbonyl (C=O) groups is 2. The van der Waals surface area contributed by atoms with E-state index in [0.29, 0.717) is 34.5 Å². The first-order valence-electron chi connectivity index (χ1n) is 10.9. The van der Waals surface area contributed by atoms with Crippen LogP contribution in [0.5, 0.6) is 5.75 Å². The molecular weight excluding hydrogens is 424 g/mol. The van der Waals surface area contributed by atoms with E-state index in [1.54, 1.807) is 12.1 Å². The maximum absolute atomic E-state index is 13.0. The molecule has 0 fully saturated rings. The number of ketones is 1. The SMILES string of the molecule is N#CCc1ccc(OCc2ccccc2NC(=O)c2ccc3c(c2)C(=O)c2ccccc2-3)cc1. The maximum atomic E-state index is 13.0. The van der Waals surface area contributed by atoms with Crippen LogP contribution in [-0.4, -0.2) is 11.7 Å². The molecule has 0 aliphatic heterocycles. The molecule has 0 heterocycles. The molecule has 5 nitrogen and oxygen atoms in total. The Balaban J connectivity index is 1.31. The van der Waals surface area contributed by atoms with Crippen LogP contribution in [0.25, 0.3) is 11.1 Å². The first kappa shape index (κ1) is 21.2. The van der Waals surface area contributed by atoms with Crippen LogP contribution in [0.4, 0.5) is 5.69 Å². The van der Waals surface area contributed by atoms with E-state index in [1.165, 1.54) is 0 Å². The molecule has 0 saturated carbocycles. The summed E-state index contributed by atoms with van der Waals surface area (Å²) >= 11 is 0. The molecule has 164 valence electrons. The summed E-state index contributed by atoms with van der Waals surface area (Å²) in [5.41, 5.74) is 5.78. The van der Waals surface area contributed by atoms with Crippen LogP contribution in [0.15, 0.2) is 91.0 Å². The van der Waals surface area contributed by atoms with Gasteiger partial charge in [-0.1, -0.05) is 60.7 Å². The van der Waals surface area contributed by atoms with Crippen LogP contribution >= 0.6 is 0 Å². The van der Waals surface area contributed by atoms with Crippen LogP contribution in [0.2, 0.25) is 0 Å². The fraction of sp³-hybridized carbons (Fsp3) is 0.0690. The minimum atomic E-state index is -0.292. The largest absolute Gasteiger partial charge is 0.489 e. The number of rotatable bonds is 6. The number of nitriles is 1. The molecule has 4 aromatic carbocycles. The Bertz CT molecular complexity index is 1450. The van der Waals surface area contributed by atoms with Crippen LogP contribution in [0, 0.1) is 11.3 Å². The summed E-state index contributed by atoms with van der Waals surface area (Å²) in [6.45, 7) is 0.270. The van der Waals surface area contributed by atoms with Gasteiger partial charge < -0.3 is 10.1 Å². The number of anilines is 1. The van der Waals surface area contributed by atoms with Gasteiger partial charge in [-0.05, 0) is 47.0 Å². The van der Waals surface area contributed by atoms with Crippen molar-refractivity contribution in [2.75, 3.05) is 5.32 Å². The summed E-state index contributed by atoms with van der Waals surface area (Å²) in [5, 5.41) is 11.7. The fourth-order valence-electron chi connectivity index (χ4n) is 4.09. The van der Waals surface area contributed by atoms with Crippen molar-refractivity contribution in [3.8, 4) is 22.9 Å².